The highest BCUT2D eigenvalue weighted by molar-refractivity contribution is 5.30. The molecule has 13 heavy (non-hydrogen) atoms. The van der Waals surface area contributed by atoms with Crippen LogP contribution in [0.15, 0.2) is 36.3 Å². The quantitative estimate of drug-likeness (QED) is 0.719. The summed E-state index contributed by atoms with van der Waals surface area (Å²) in [6.07, 6.45) is 5.81. The normalized spacial score (nSPS) is 22.3. The van der Waals surface area contributed by atoms with E-state index in [1.807, 2.05) is 19.1 Å². The number of hydrogen-bond donors (Lipinski definition) is 1. The van der Waals surface area contributed by atoms with E-state index in [0.717, 1.165) is 11.5 Å². The minimum atomic E-state index is 0.0826. The fourth-order valence-corrected chi connectivity index (χ4v) is 1.21. The number of allylic oxidation sites excluding steroid dienone is 3. The van der Waals surface area contributed by atoms with Crippen LogP contribution in [0.3, 0.4) is 0 Å². The molecule has 1 heterocycles. The Morgan fingerprint density at radius 1 is 1.54 bits per heavy atom. The van der Waals surface area contributed by atoms with Crippen molar-refractivity contribution in [1.82, 2.24) is 5.32 Å². The van der Waals surface area contributed by atoms with Crippen molar-refractivity contribution in [3.63, 3.8) is 0 Å². The SMILES string of the molecule is C=CC1=C(/C=C\C)NC(C(C)C)O1. The van der Waals surface area contributed by atoms with Crippen molar-refractivity contribution in [3.05, 3.63) is 36.3 Å². The lowest BCUT2D eigenvalue weighted by Gasteiger charge is -2.15. The average Bonchev–Trinajstić information content (AvgIpc) is 2.48. The van der Waals surface area contributed by atoms with Crippen molar-refractivity contribution >= 4 is 0 Å². The van der Waals surface area contributed by atoms with E-state index in [4.69, 9.17) is 4.74 Å². The molecule has 2 nitrogen and oxygen atoms in total. The van der Waals surface area contributed by atoms with E-state index < -0.39 is 0 Å². The molecule has 1 aliphatic heterocycles. The maximum Gasteiger partial charge on any atom is 0.172 e. The van der Waals surface area contributed by atoms with Gasteiger partial charge in [-0.1, -0.05) is 26.5 Å². The first-order chi connectivity index (χ1) is 6.19. The van der Waals surface area contributed by atoms with Gasteiger partial charge in [0.2, 0.25) is 0 Å². The molecule has 0 spiro atoms. The zero-order valence-electron chi connectivity index (χ0n) is 8.50. The fourth-order valence-electron chi connectivity index (χ4n) is 1.21. The number of nitrogens with one attached hydrogen (secondary N) is 1. The number of rotatable bonds is 3. The summed E-state index contributed by atoms with van der Waals surface area (Å²) in [5.74, 6) is 1.30. The van der Waals surface area contributed by atoms with E-state index in [1.165, 1.54) is 0 Å². The highest BCUT2D eigenvalue weighted by atomic mass is 16.5. The second-order valence-electron chi connectivity index (χ2n) is 3.41. The molecule has 1 N–H and O–H groups in total. The Morgan fingerprint density at radius 2 is 2.23 bits per heavy atom. The fraction of sp³-hybridized carbons (Fsp3) is 0.455. The summed E-state index contributed by atoms with van der Waals surface area (Å²) >= 11 is 0. The third-order valence-electron chi connectivity index (χ3n) is 1.94. The predicted octanol–water partition coefficient (Wildman–Crippen LogP) is 2.56. The molecule has 0 saturated heterocycles. The Kier molecular flexibility index (Phi) is 3.18. The van der Waals surface area contributed by atoms with Gasteiger partial charge in [-0.3, -0.25) is 0 Å². The first-order valence-electron chi connectivity index (χ1n) is 4.61. The van der Waals surface area contributed by atoms with E-state index in [1.54, 1.807) is 6.08 Å². The molecular formula is C11H17NO. The van der Waals surface area contributed by atoms with Crippen LogP contribution < -0.4 is 5.32 Å². The monoisotopic (exact) mass is 179 g/mol. The van der Waals surface area contributed by atoms with Crippen LogP contribution in [0.1, 0.15) is 20.8 Å². The summed E-state index contributed by atoms with van der Waals surface area (Å²) in [6.45, 7) is 9.94. The third-order valence-corrected chi connectivity index (χ3v) is 1.94. The van der Waals surface area contributed by atoms with Gasteiger partial charge in [-0.25, -0.2) is 0 Å². The lowest BCUT2D eigenvalue weighted by molar-refractivity contribution is 0.0930. The van der Waals surface area contributed by atoms with Crippen molar-refractivity contribution < 1.29 is 4.74 Å². The first kappa shape index (κ1) is 9.90. The molecule has 1 rings (SSSR count). The maximum atomic E-state index is 5.64. The Morgan fingerprint density at radius 3 is 2.69 bits per heavy atom. The lowest BCUT2D eigenvalue weighted by Crippen LogP contribution is -2.28. The van der Waals surface area contributed by atoms with Crippen LogP contribution in [0.2, 0.25) is 0 Å². The van der Waals surface area contributed by atoms with E-state index >= 15 is 0 Å². The molecule has 0 saturated carbocycles. The van der Waals surface area contributed by atoms with Crippen molar-refractivity contribution in [2.45, 2.75) is 27.0 Å². The van der Waals surface area contributed by atoms with Crippen LogP contribution in [0.5, 0.6) is 0 Å². The maximum absolute atomic E-state index is 5.64. The van der Waals surface area contributed by atoms with Crippen LogP contribution in [0, 0.1) is 5.92 Å². The largest absolute Gasteiger partial charge is 0.468 e. The van der Waals surface area contributed by atoms with Gasteiger partial charge in [-0.15, -0.1) is 0 Å². The van der Waals surface area contributed by atoms with Crippen molar-refractivity contribution in [2.24, 2.45) is 5.92 Å². The predicted molar refractivity (Wildman–Crippen MR) is 54.9 cm³/mol. The summed E-state index contributed by atoms with van der Waals surface area (Å²) < 4.78 is 5.64. The smallest absolute Gasteiger partial charge is 0.172 e. The minimum Gasteiger partial charge on any atom is -0.468 e. The zero-order valence-corrected chi connectivity index (χ0v) is 8.50. The highest BCUT2D eigenvalue weighted by Gasteiger charge is 2.23. The lowest BCUT2D eigenvalue weighted by atomic mass is 10.2. The van der Waals surface area contributed by atoms with Gasteiger partial charge in [-0.2, -0.15) is 0 Å². The zero-order chi connectivity index (χ0) is 9.84. The highest BCUT2D eigenvalue weighted by Crippen LogP contribution is 2.21. The van der Waals surface area contributed by atoms with E-state index in [0.29, 0.717) is 5.92 Å². The Balaban J connectivity index is 2.74. The second kappa shape index (κ2) is 4.17. The second-order valence-corrected chi connectivity index (χ2v) is 3.41. The molecule has 1 unspecified atom stereocenters. The number of ether oxygens (including phenoxy) is 1. The standard InChI is InChI=1S/C11H17NO/c1-5-7-9-10(6-2)13-11(12-9)8(3)4/h5-8,11-12H,2H2,1,3-4H3/b7-5-. The van der Waals surface area contributed by atoms with Crippen LogP contribution >= 0.6 is 0 Å². The van der Waals surface area contributed by atoms with Crippen molar-refractivity contribution in [3.8, 4) is 0 Å². The molecule has 1 atom stereocenters. The molecule has 0 radical (unpaired) electrons. The molecular weight excluding hydrogens is 162 g/mol. The first-order valence-corrected chi connectivity index (χ1v) is 4.61. The molecule has 2 heteroatoms. The molecule has 0 bridgehead atoms. The topological polar surface area (TPSA) is 21.3 Å². The van der Waals surface area contributed by atoms with E-state index in [2.05, 4.69) is 25.7 Å². The van der Waals surface area contributed by atoms with Gasteiger partial charge < -0.3 is 10.1 Å². The summed E-state index contributed by atoms with van der Waals surface area (Å²) in [4.78, 5) is 0. The molecule has 0 fully saturated rings. The van der Waals surface area contributed by atoms with Gasteiger partial charge in [0.1, 0.15) is 5.76 Å². The van der Waals surface area contributed by atoms with Crippen molar-refractivity contribution in [1.29, 1.82) is 0 Å². The minimum absolute atomic E-state index is 0.0826. The van der Waals surface area contributed by atoms with E-state index in [-0.39, 0.29) is 6.23 Å². The van der Waals surface area contributed by atoms with Gasteiger partial charge in [-0.05, 0) is 19.1 Å². The molecule has 1 aliphatic rings. The van der Waals surface area contributed by atoms with Gasteiger partial charge in [0.25, 0.3) is 0 Å². The van der Waals surface area contributed by atoms with Crippen LogP contribution in [0.4, 0.5) is 0 Å². The van der Waals surface area contributed by atoms with E-state index in [9.17, 15) is 0 Å². The molecule has 0 aromatic heterocycles. The average molecular weight is 179 g/mol. The molecule has 0 aliphatic carbocycles. The Bertz CT molecular complexity index is 251. The van der Waals surface area contributed by atoms with Gasteiger partial charge >= 0.3 is 0 Å². The molecule has 0 aromatic carbocycles. The Hall–Kier alpha value is -1.18. The summed E-state index contributed by atoms with van der Waals surface area (Å²) in [7, 11) is 0. The third kappa shape index (κ3) is 2.14. The van der Waals surface area contributed by atoms with Gasteiger partial charge in [0, 0.05) is 5.92 Å². The molecule has 0 aromatic rings. The van der Waals surface area contributed by atoms with Crippen LogP contribution in [0.25, 0.3) is 0 Å². The van der Waals surface area contributed by atoms with Crippen molar-refractivity contribution in [2.75, 3.05) is 0 Å². The van der Waals surface area contributed by atoms with Crippen LogP contribution in [-0.4, -0.2) is 6.23 Å². The Labute approximate surface area is 80.0 Å². The summed E-state index contributed by atoms with van der Waals surface area (Å²) in [5, 5.41) is 3.29. The molecule has 0 amide bonds. The van der Waals surface area contributed by atoms with Gasteiger partial charge in [0.05, 0.1) is 5.70 Å². The summed E-state index contributed by atoms with van der Waals surface area (Å²) in [5.41, 5.74) is 1.02. The summed E-state index contributed by atoms with van der Waals surface area (Å²) in [6, 6.07) is 0. The van der Waals surface area contributed by atoms with Crippen LogP contribution in [-0.2, 0) is 4.74 Å². The molecule has 72 valence electrons. The van der Waals surface area contributed by atoms with Gasteiger partial charge in [0.15, 0.2) is 6.23 Å². The number of hydrogen-bond acceptors (Lipinski definition) is 2.